The van der Waals surface area contributed by atoms with Crippen molar-refractivity contribution in [2.45, 2.75) is 52.9 Å². The molecular weight excluding hydrogens is 176 g/mol. The number of carbonyl (C=O) groups is 1. The van der Waals surface area contributed by atoms with Crippen LogP contribution in [0.5, 0.6) is 0 Å². The molecule has 1 atom stereocenters. The molecule has 0 saturated heterocycles. The summed E-state index contributed by atoms with van der Waals surface area (Å²) in [6, 6.07) is 0. The van der Waals surface area contributed by atoms with Gasteiger partial charge in [0.25, 0.3) is 0 Å². The molecule has 0 aromatic carbocycles. The van der Waals surface area contributed by atoms with Gasteiger partial charge in [0.2, 0.25) is 0 Å². The molecule has 0 bridgehead atoms. The Balaban J connectivity index is 2.31. The molecule has 0 aliphatic heterocycles. The topological polar surface area (TPSA) is 37.3 Å². The smallest absolute Gasteiger partial charge is 0.306 e. The van der Waals surface area contributed by atoms with E-state index >= 15 is 0 Å². The summed E-state index contributed by atoms with van der Waals surface area (Å²) in [6.07, 6.45) is 5.26. The molecule has 0 aromatic heterocycles. The molecule has 1 unspecified atom stereocenters. The molecule has 0 radical (unpaired) electrons. The fourth-order valence-corrected chi connectivity index (χ4v) is 1.71. The van der Waals surface area contributed by atoms with E-state index in [0.29, 0.717) is 0 Å². The lowest BCUT2D eigenvalue weighted by Gasteiger charge is -2.20. The van der Waals surface area contributed by atoms with Gasteiger partial charge in [0.1, 0.15) is 0 Å². The second-order valence-electron chi connectivity index (χ2n) is 5.81. The molecule has 2 heteroatoms. The van der Waals surface area contributed by atoms with Crippen molar-refractivity contribution in [1.82, 2.24) is 0 Å². The van der Waals surface area contributed by atoms with Crippen molar-refractivity contribution in [3.8, 4) is 0 Å². The van der Waals surface area contributed by atoms with Crippen molar-refractivity contribution in [1.29, 1.82) is 0 Å². The summed E-state index contributed by atoms with van der Waals surface area (Å²) < 4.78 is 0. The van der Waals surface area contributed by atoms with Crippen molar-refractivity contribution >= 4 is 5.97 Å². The van der Waals surface area contributed by atoms with Crippen molar-refractivity contribution in [2.24, 2.45) is 17.3 Å². The molecule has 2 nitrogen and oxygen atoms in total. The van der Waals surface area contributed by atoms with Gasteiger partial charge in [-0.3, -0.25) is 4.79 Å². The molecule has 0 spiro atoms. The van der Waals surface area contributed by atoms with E-state index < -0.39 is 5.97 Å². The molecule has 1 aliphatic carbocycles. The summed E-state index contributed by atoms with van der Waals surface area (Å²) in [5, 5.41) is 9.05. The van der Waals surface area contributed by atoms with Crippen molar-refractivity contribution < 1.29 is 9.90 Å². The molecule has 1 N–H and O–H groups in total. The lowest BCUT2D eigenvalue weighted by molar-refractivity contribution is -0.142. The van der Waals surface area contributed by atoms with Crippen LogP contribution in [-0.4, -0.2) is 11.1 Å². The van der Waals surface area contributed by atoms with E-state index in [1.807, 2.05) is 0 Å². The first-order valence-electron chi connectivity index (χ1n) is 5.61. The Labute approximate surface area is 86.7 Å². The molecule has 1 saturated carbocycles. The molecule has 1 fully saturated rings. The van der Waals surface area contributed by atoms with Gasteiger partial charge in [-0.15, -0.1) is 0 Å². The van der Waals surface area contributed by atoms with Gasteiger partial charge in [-0.25, -0.2) is 0 Å². The normalized spacial score (nSPS) is 19.4. The van der Waals surface area contributed by atoms with E-state index in [-0.39, 0.29) is 11.3 Å². The van der Waals surface area contributed by atoms with E-state index in [1.165, 1.54) is 12.8 Å². The van der Waals surface area contributed by atoms with Crippen LogP contribution >= 0.6 is 0 Å². The van der Waals surface area contributed by atoms with Gasteiger partial charge < -0.3 is 5.11 Å². The Kier molecular flexibility index (Phi) is 3.57. The van der Waals surface area contributed by atoms with Gasteiger partial charge >= 0.3 is 5.97 Å². The molecule has 82 valence electrons. The zero-order chi connectivity index (χ0) is 10.8. The van der Waals surface area contributed by atoms with Crippen LogP contribution in [0.1, 0.15) is 52.9 Å². The second kappa shape index (κ2) is 4.33. The summed E-state index contributed by atoms with van der Waals surface area (Å²) in [7, 11) is 0. The minimum atomic E-state index is -0.596. The molecule has 1 aliphatic rings. The first-order valence-corrected chi connectivity index (χ1v) is 5.61. The SMILES string of the molecule is CC(C)(C)CCC(CC1CC1)C(=O)O. The first kappa shape index (κ1) is 11.5. The maximum atomic E-state index is 11.0. The molecule has 0 aromatic rings. The highest BCUT2D eigenvalue weighted by Crippen LogP contribution is 2.37. The highest BCUT2D eigenvalue weighted by molar-refractivity contribution is 5.69. The zero-order valence-electron chi connectivity index (χ0n) is 9.55. The van der Waals surface area contributed by atoms with E-state index in [1.54, 1.807) is 0 Å². The Morgan fingerprint density at radius 3 is 2.36 bits per heavy atom. The van der Waals surface area contributed by atoms with E-state index in [9.17, 15) is 4.79 Å². The minimum Gasteiger partial charge on any atom is -0.481 e. The summed E-state index contributed by atoms with van der Waals surface area (Å²) in [5.74, 6) is 0.0268. The van der Waals surface area contributed by atoms with Crippen LogP contribution in [-0.2, 0) is 4.79 Å². The van der Waals surface area contributed by atoms with Gasteiger partial charge in [0.05, 0.1) is 5.92 Å². The standard InChI is InChI=1S/C12H22O2/c1-12(2,3)7-6-10(11(13)14)8-9-4-5-9/h9-10H,4-8H2,1-3H3,(H,13,14). The molecule has 14 heavy (non-hydrogen) atoms. The summed E-state index contributed by atoms with van der Waals surface area (Å²) in [4.78, 5) is 11.0. The van der Waals surface area contributed by atoms with Gasteiger partial charge in [-0.1, -0.05) is 33.6 Å². The van der Waals surface area contributed by atoms with Crippen LogP contribution in [0, 0.1) is 17.3 Å². The van der Waals surface area contributed by atoms with Gasteiger partial charge in [-0.2, -0.15) is 0 Å². The Morgan fingerprint density at radius 2 is 2.00 bits per heavy atom. The second-order valence-corrected chi connectivity index (χ2v) is 5.81. The lowest BCUT2D eigenvalue weighted by atomic mass is 9.85. The minimum absolute atomic E-state index is 0.0956. The first-order chi connectivity index (χ1) is 6.38. The Bertz CT molecular complexity index is 199. The van der Waals surface area contributed by atoms with Crippen LogP contribution in [0.3, 0.4) is 0 Å². The fraction of sp³-hybridized carbons (Fsp3) is 0.917. The molecule has 1 rings (SSSR count). The number of hydrogen-bond donors (Lipinski definition) is 1. The molecule has 0 amide bonds. The predicted molar refractivity (Wildman–Crippen MR) is 57.2 cm³/mol. The van der Waals surface area contributed by atoms with Gasteiger partial charge in [0.15, 0.2) is 0 Å². The average Bonchev–Trinajstić information content (AvgIpc) is 2.78. The quantitative estimate of drug-likeness (QED) is 0.735. The fourth-order valence-electron chi connectivity index (χ4n) is 1.71. The van der Waals surface area contributed by atoms with Crippen LogP contribution in [0.4, 0.5) is 0 Å². The van der Waals surface area contributed by atoms with E-state index in [4.69, 9.17) is 5.11 Å². The third-order valence-corrected chi connectivity index (χ3v) is 2.91. The zero-order valence-corrected chi connectivity index (χ0v) is 9.55. The Hall–Kier alpha value is -0.530. The Morgan fingerprint density at radius 1 is 1.43 bits per heavy atom. The monoisotopic (exact) mass is 198 g/mol. The molecule has 0 heterocycles. The summed E-state index contributed by atoms with van der Waals surface area (Å²) in [5.41, 5.74) is 0.261. The predicted octanol–water partition coefficient (Wildman–Crippen LogP) is 3.31. The van der Waals surface area contributed by atoms with E-state index in [2.05, 4.69) is 20.8 Å². The average molecular weight is 198 g/mol. The maximum Gasteiger partial charge on any atom is 0.306 e. The van der Waals surface area contributed by atoms with Crippen LogP contribution in [0.25, 0.3) is 0 Å². The molecular formula is C12H22O2. The van der Waals surface area contributed by atoms with E-state index in [0.717, 1.165) is 25.2 Å². The third kappa shape index (κ3) is 4.64. The highest BCUT2D eigenvalue weighted by atomic mass is 16.4. The maximum absolute atomic E-state index is 11.0. The van der Waals surface area contributed by atoms with Crippen molar-refractivity contribution in [3.05, 3.63) is 0 Å². The number of hydrogen-bond acceptors (Lipinski definition) is 1. The summed E-state index contributed by atoms with van der Waals surface area (Å²) >= 11 is 0. The third-order valence-electron chi connectivity index (χ3n) is 2.91. The summed E-state index contributed by atoms with van der Waals surface area (Å²) in [6.45, 7) is 6.51. The lowest BCUT2D eigenvalue weighted by Crippen LogP contribution is -2.17. The van der Waals surface area contributed by atoms with Crippen molar-refractivity contribution in [3.63, 3.8) is 0 Å². The highest BCUT2D eigenvalue weighted by Gasteiger charge is 2.29. The largest absolute Gasteiger partial charge is 0.481 e. The van der Waals surface area contributed by atoms with Gasteiger partial charge in [-0.05, 0) is 30.6 Å². The number of carboxylic acids is 1. The van der Waals surface area contributed by atoms with Gasteiger partial charge in [0, 0.05) is 0 Å². The number of rotatable bonds is 5. The number of aliphatic carboxylic acids is 1. The van der Waals surface area contributed by atoms with Crippen molar-refractivity contribution in [2.75, 3.05) is 0 Å². The van der Waals surface area contributed by atoms with Crippen LogP contribution in [0.2, 0.25) is 0 Å². The van der Waals surface area contributed by atoms with Crippen LogP contribution < -0.4 is 0 Å². The van der Waals surface area contributed by atoms with Crippen LogP contribution in [0.15, 0.2) is 0 Å². The number of carboxylic acid groups (broad SMARTS) is 1.